The Morgan fingerprint density at radius 2 is 1.78 bits per heavy atom. The lowest BCUT2D eigenvalue weighted by atomic mass is 10.1. The fourth-order valence-corrected chi connectivity index (χ4v) is 1.55. The molecule has 0 unspecified atom stereocenters. The van der Waals surface area contributed by atoms with Crippen LogP contribution in [-0.2, 0) is 24.3 Å². The molecule has 7 heteroatoms. The van der Waals surface area contributed by atoms with Gasteiger partial charge in [0, 0.05) is 6.61 Å². The Morgan fingerprint density at radius 3 is 2.48 bits per heavy atom. The Kier molecular flexibility index (Phi) is 8.71. The minimum atomic E-state index is -1.11. The van der Waals surface area contributed by atoms with Crippen LogP contribution in [0.2, 0.25) is 0 Å². The lowest BCUT2D eigenvalue weighted by Crippen LogP contribution is -2.15. The molecule has 0 heterocycles. The highest BCUT2D eigenvalue weighted by atomic mass is 17.5. The van der Waals surface area contributed by atoms with Gasteiger partial charge < -0.3 is 9.47 Å². The molecular formula is C16H22O7. The molecule has 0 aromatic heterocycles. The Balaban J connectivity index is 2.16. The average molecular weight is 326 g/mol. The zero-order valence-corrected chi connectivity index (χ0v) is 13.6. The molecule has 1 rings (SSSR count). The number of carbonyl (C=O) groups excluding carboxylic acids is 2. The molecule has 0 bridgehead atoms. The van der Waals surface area contributed by atoms with Crippen molar-refractivity contribution in [3.8, 4) is 0 Å². The molecule has 0 saturated carbocycles. The van der Waals surface area contributed by atoms with Gasteiger partial charge in [0.2, 0.25) is 0 Å². The predicted molar refractivity (Wildman–Crippen MR) is 80.6 cm³/mol. The van der Waals surface area contributed by atoms with Crippen LogP contribution in [0.1, 0.15) is 41.3 Å². The Labute approximate surface area is 135 Å². The molecule has 0 spiro atoms. The molecule has 1 aromatic carbocycles. The first-order chi connectivity index (χ1) is 11.0. The van der Waals surface area contributed by atoms with Crippen molar-refractivity contribution in [2.45, 2.75) is 33.6 Å². The number of unbranched alkanes of at least 4 members (excludes halogenated alkanes) is 1. The second-order valence-corrected chi connectivity index (χ2v) is 4.89. The van der Waals surface area contributed by atoms with Crippen LogP contribution in [0.3, 0.4) is 0 Å². The maximum Gasteiger partial charge on any atom is 0.543 e. The molecule has 0 amide bonds. The lowest BCUT2D eigenvalue weighted by molar-refractivity contribution is -0.452. The topological polar surface area (TPSA) is 80.3 Å². The summed E-state index contributed by atoms with van der Waals surface area (Å²) >= 11 is 0. The molecule has 128 valence electrons. The van der Waals surface area contributed by atoms with E-state index in [1.54, 1.807) is 18.2 Å². The van der Waals surface area contributed by atoms with Gasteiger partial charge in [-0.15, -0.1) is 0 Å². The quantitative estimate of drug-likeness (QED) is 0.298. The summed E-state index contributed by atoms with van der Waals surface area (Å²) < 4.78 is 9.83. The summed E-state index contributed by atoms with van der Waals surface area (Å²) in [5.41, 5.74) is 2.26. The second kappa shape index (κ2) is 10.6. The van der Waals surface area contributed by atoms with Crippen molar-refractivity contribution in [3.63, 3.8) is 0 Å². The third-order valence-electron chi connectivity index (χ3n) is 3.04. The van der Waals surface area contributed by atoms with Crippen molar-refractivity contribution in [1.82, 2.24) is 0 Å². The van der Waals surface area contributed by atoms with Gasteiger partial charge in [-0.1, -0.05) is 19.4 Å². The fourth-order valence-electron chi connectivity index (χ4n) is 1.55. The van der Waals surface area contributed by atoms with Crippen molar-refractivity contribution in [3.05, 3.63) is 34.9 Å². The number of hydrogen-bond acceptors (Lipinski definition) is 7. The number of hydrogen-bond donors (Lipinski definition) is 0. The monoisotopic (exact) mass is 326 g/mol. The van der Waals surface area contributed by atoms with E-state index < -0.39 is 12.1 Å². The summed E-state index contributed by atoms with van der Waals surface area (Å²) in [6, 6.07) is 5.01. The standard InChI is InChI=1S/C16H22O7/c1-4-5-8-19-9-10-20-16(18)22-23-21-15(17)14-7-6-12(2)13(3)11-14/h6-7,11H,4-5,8-10H2,1-3H3. The average Bonchev–Trinajstić information content (AvgIpc) is 2.53. The van der Waals surface area contributed by atoms with E-state index in [4.69, 9.17) is 4.74 Å². The van der Waals surface area contributed by atoms with E-state index in [9.17, 15) is 9.59 Å². The van der Waals surface area contributed by atoms with Gasteiger partial charge in [0.1, 0.15) is 6.61 Å². The van der Waals surface area contributed by atoms with Crippen molar-refractivity contribution in [2.24, 2.45) is 0 Å². The summed E-state index contributed by atoms with van der Waals surface area (Å²) in [7, 11) is 0. The van der Waals surface area contributed by atoms with Gasteiger partial charge in [0.05, 0.1) is 17.2 Å². The molecule has 0 radical (unpaired) electrons. The maximum atomic E-state index is 11.7. The summed E-state index contributed by atoms with van der Waals surface area (Å²) in [4.78, 5) is 31.3. The smallest absolute Gasteiger partial charge is 0.430 e. The Hall–Kier alpha value is -2.12. The van der Waals surface area contributed by atoms with Gasteiger partial charge in [-0.05, 0) is 43.5 Å². The second-order valence-electron chi connectivity index (χ2n) is 4.89. The Bertz CT molecular complexity index is 513. The Morgan fingerprint density at radius 1 is 1.00 bits per heavy atom. The molecule has 0 atom stereocenters. The van der Waals surface area contributed by atoms with Crippen LogP contribution in [-0.4, -0.2) is 31.9 Å². The van der Waals surface area contributed by atoms with E-state index >= 15 is 0 Å². The number of aryl methyl sites for hydroxylation is 2. The highest BCUT2D eigenvalue weighted by molar-refractivity contribution is 5.89. The lowest BCUT2D eigenvalue weighted by Gasteiger charge is -2.06. The largest absolute Gasteiger partial charge is 0.543 e. The number of rotatable bonds is 9. The van der Waals surface area contributed by atoms with Gasteiger partial charge in [0.25, 0.3) is 0 Å². The van der Waals surface area contributed by atoms with Crippen LogP contribution >= 0.6 is 0 Å². The normalized spacial score (nSPS) is 10.2. The minimum Gasteiger partial charge on any atom is -0.430 e. The molecule has 0 aliphatic heterocycles. The first-order valence-corrected chi connectivity index (χ1v) is 7.42. The van der Waals surface area contributed by atoms with E-state index in [1.807, 2.05) is 20.8 Å². The summed E-state index contributed by atoms with van der Waals surface area (Å²) in [5, 5.41) is 4.11. The third kappa shape index (κ3) is 7.62. The first kappa shape index (κ1) is 18.9. The number of ether oxygens (including phenoxy) is 2. The number of benzene rings is 1. The summed E-state index contributed by atoms with van der Waals surface area (Å²) in [6.07, 6.45) is 0.863. The molecule has 0 saturated heterocycles. The molecule has 0 N–H and O–H groups in total. The van der Waals surface area contributed by atoms with Crippen LogP contribution in [0, 0.1) is 13.8 Å². The SMILES string of the molecule is CCCCOCCOC(=O)OOOC(=O)c1ccc(C)c(C)c1. The van der Waals surface area contributed by atoms with Crippen LogP contribution in [0.25, 0.3) is 0 Å². The third-order valence-corrected chi connectivity index (χ3v) is 3.04. The highest BCUT2D eigenvalue weighted by Gasteiger charge is 2.12. The van der Waals surface area contributed by atoms with Gasteiger partial charge >= 0.3 is 12.1 Å². The predicted octanol–water partition coefficient (Wildman–Crippen LogP) is 3.28. The van der Waals surface area contributed by atoms with Crippen molar-refractivity contribution in [1.29, 1.82) is 0 Å². The van der Waals surface area contributed by atoms with E-state index in [-0.39, 0.29) is 18.8 Å². The molecule has 7 nitrogen and oxygen atoms in total. The summed E-state index contributed by atoms with van der Waals surface area (Å²) in [5.74, 6) is -0.774. The van der Waals surface area contributed by atoms with Crippen LogP contribution < -0.4 is 0 Å². The van der Waals surface area contributed by atoms with Gasteiger partial charge in [0.15, 0.2) is 0 Å². The zero-order chi connectivity index (χ0) is 17.1. The van der Waals surface area contributed by atoms with E-state index in [0.717, 1.165) is 24.0 Å². The van der Waals surface area contributed by atoms with Crippen LogP contribution in [0.15, 0.2) is 18.2 Å². The highest BCUT2D eigenvalue weighted by Crippen LogP contribution is 2.11. The van der Waals surface area contributed by atoms with Gasteiger partial charge in [-0.3, -0.25) is 4.89 Å². The first-order valence-electron chi connectivity index (χ1n) is 7.42. The van der Waals surface area contributed by atoms with Crippen molar-refractivity contribution >= 4 is 12.1 Å². The minimum absolute atomic E-state index is 0.0248. The van der Waals surface area contributed by atoms with Gasteiger partial charge in [-0.25, -0.2) is 14.5 Å². The molecular weight excluding hydrogens is 304 g/mol. The van der Waals surface area contributed by atoms with Crippen molar-refractivity contribution in [2.75, 3.05) is 19.8 Å². The maximum absolute atomic E-state index is 11.7. The van der Waals surface area contributed by atoms with E-state index in [1.165, 1.54) is 0 Å². The molecule has 0 aliphatic carbocycles. The molecule has 0 aliphatic rings. The van der Waals surface area contributed by atoms with E-state index in [0.29, 0.717) is 6.61 Å². The van der Waals surface area contributed by atoms with Crippen molar-refractivity contribution < 1.29 is 33.9 Å². The molecule has 1 aromatic rings. The number of carbonyl (C=O) groups is 2. The summed E-state index contributed by atoms with van der Waals surface area (Å²) in [6.45, 7) is 6.73. The molecule has 0 fully saturated rings. The fraction of sp³-hybridized carbons (Fsp3) is 0.500. The molecule has 23 heavy (non-hydrogen) atoms. The van der Waals surface area contributed by atoms with Crippen LogP contribution in [0.4, 0.5) is 4.79 Å². The van der Waals surface area contributed by atoms with Crippen LogP contribution in [0.5, 0.6) is 0 Å². The zero-order valence-electron chi connectivity index (χ0n) is 13.6. The van der Waals surface area contributed by atoms with E-state index in [2.05, 4.69) is 19.6 Å². The van der Waals surface area contributed by atoms with Gasteiger partial charge in [-0.2, -0.15) is 0 Å².